The molecule has 2 nitrogen and oxygen atoms in total. The summed E-state index contributed by atoms with van der Waals surface area (Å²) in [6, 6.07) is 14.6. The molecule has 2 aromatic rings. The molecular weight excluding hydrogens is 239 g/mol. The number of nitrogens with one attached hydrogen (secondary N) is 1. The van der Waals surface area contributed by atoms with Gasteiger partial charge >= 0.3 is 0 Å². The number of nitrogens with zero attached hydrogens (tertiary/aromatic N) is 1. The lowest BCUT2D eigenvalue weighted by Gasteiger charge is -2.06. The molecule has 0 aromatic heterocycles. The third-order valence-electron chi connectivity index (χ3n) is 2.87. The van der Waals surface area contributed by atoms with E-state index in [9.17, 15) is 4.39 Å². The largest absolute Gasteiger partial charge is 0.309 e. The van der Waals surface area contributed by atoms with E-state index in [1.54, 1.807) is 6.07 Å². The van der Waals surface area contributed by atoms with Crippen molar-refractivity contribution in [3.8, 4) is 6.07 Å². The average molecular weight is 254 g/mol. The van der Waals surface area contributed by atoms with Crippen LogP contribution in [-0.2, 0) is 13.1 Å². The molecule has 0 bridgehead atoms. The Balaban J connectivity index is 1.94. The Morgan fingerprint density at radius 1 is 1.05 bits per heavy atom. The molecule has 0 amide bonds. The SMILES string of the molecule is Cc1ccc(CNCc2cc(F)cc(C#N)c2)cc1. The quantitative estimate of drug-likeness (QED) is 0.908. The standard InChI is InChI=1S/C16H15FN2/c1-12-2-4-13(5-3-12)10-19-11-15-6-14(9-18)7-16(17)8-15/h2-8,19H,10-11H2,1H3. The minimum atomic E-state index is -0.369. The Bertz CT molecular complexity index is 597. The first-order chi connectivity index (χ1) is 9.17. The summed E-state index contributed by atoms with van der Waals surface area (Å²) in [4.78, 5) is 0. The number of hydrogen-bond donors (Lipinski definition) is 1. The average Bonchev–Trinajstić information content (AvgIpc) is 2.40. The summed E-state index contributed by atoms with van der Waals surface area (Å²) in [6.45, 7) is 3.31. The molecule has 0 spiro atoms. The van der Waals surface area contributed by atoms with Crippen LogP contribution in [0.3, 0.4) is 0 Å². The van der Waals surface area contributed by atoms with E-state index in [-0.39, 0.29) is 5.82 Å². The van der Waals surface area contributed by atoms with Gasteiger partial charge in [-0.25, -0.2) is 4.39 Å². The maximum Gasteiger partial charge on any atom is 0.124 e. The van der Waals surface area contributed by atoms with Gasteiger partial charge in [-0.15, -0.1) is 0 Å². The zero-order valence-corrected chi connectivity index (χ0v) is 10.8. The maximum atomic E-state index is 13.2. The van der Waals surface area contributed by atoms with E-state index in [2.05, 4.69) is 29.6 Å². The van der Waals surface area contributed by atoms with Crippen LogP contribution in [-0.4, -0.2) is 0 Å². The molecular formula is C16H15FN2. The van der Waals surface area contributed by atoms with Gasteiger partial charge in [-0.2, -0.15) is 5.26 Å². The maximum absolute atomic E-state index is 13.2. The molecule has 19 heavy (non-hydrogen) atoms. The van der Waals surface area contributed by atoms with Gasteiger partial charge in [0.15, 0.2) is 0 Å². The van der Waals surface area contributed by atoms with Crippen molar-refractivity contribution in [1.29, 1.82) is 5.26 Å². The molecule has 0 saturated heterocycles. The van der Waals surface area contributed by atoms with Gasteiger partial charge in [0.25, 0.3) is 0 Å². The molecule has 0 aliphatic rings. The highest BCUT2D eigenvalue weighted by atomic mass is 19.1. The second-order valence-corrected chi connectivity index (χ2v) is 4.55. The third kappa shape index (κ3) is 3.90. The molecule has 0 heterocycles. The molecule has 0 saturated carbocycles. The van der Waals surface area contributed by atoms with Crippen molar-refractivity contribution < 1.29 is 4.39 Å². The third-order valence-corrected chi connectivity index (χ3v) is 2.87. The lowest BCUT2D eigenvalue weighted by Crippen LogP contribution is -2.12. The molecule has 1 N–H and O–H groups in total. The number of nitriles is 1. The van der Waals surface area contributed by atoms with Gasteiger partial charge < -0.3 is 5.32 Å². The van der Waals surface area contributed by atoms with E-state index in [0.29, 0.717) is 12.1 Å². The van der Waals surface area contributed by atoms with Crippen LogP contribution in [0.1, 0.15) is 22.3 Å². The van der Waals surface area contributed by atoms with Crippen molar-refractivity contribution in [2.75, 3.05) is 0 Å². The first-order valence-electron chi connectivity index (χ1n) is 6.13. The molecule has 0 aliphatic carbocycles. The van der Waals surface area contributed by atoms with Crippen molar-refractivity contribution in [2.45, 2.75) is 20.0 Å². The number of hydrogen-bond acceptors (Lipinski definition) is 2. The lowest BCUT2D eigenvalue weighted by atomic mass is 10.1. The summed E-state index contributed by atoms with van der Waals surface area (Å²) >= 11 is 0. The van der Waals surface area contributed by atoms with Crippen molar-refractivity contribution in [1.82, 2.24) is 5.32 Å². The molecule has 2 aromatic carbocycles. The number of halogens is 1. The molecule has 2 rings (SSSR count). The van der Waals surface area contributed by atoms with Crippen LogP contribution in [0.25, 0.3) is 0 Å². The fourth-order valence-electron chi connectivity index (χ4n) is 1.87. The monoisotopic (exact) mass is 254 g/mol. The lowest BCUT2D eigenvalue weighted by molar-refractivity contribution is 0.619. The number of rotatable bonds is 4. The van der Waals surface area contributed by atoms with Crippen molar-refractivity contribution in [2.24, 2.45) is 0 Å². The summed E-state index contributed by atoms with van der Waals surface area (Å²) in [5.41, 5.74) is 3.55. The highest BCUT2D eigenvalue weighted by Crippen LogP contribution is 2.09. The van der Waals surface area contributed by atoms with Gasteiger partial charge in [-0.3, -0.25) is 0 Å². The van der Waals surface area contributed by atoms with Crippen molar-refractivity contribution >= 4 is 0 Å². The predicted octanol–water partition coefficient (Wildman–Crippen LogP) is 3.30. The summed E-state index contributed by atoms with van der Waals surface area (Å²) in [7, 11) is 0. The fraction of sp³-hybridized carbons (Fsp3) is 0.188. The Labute approximate surface area is 112 Å². The van der Waals surface area contributed by atoms with Crippen LogP contribution >= 0.6 is 0 Å². The van der Waals surface area contributed by atoms with Crippen LogP contribution in [0.15, 0.2) is 42.5 Å². The predicted molar refractivity (Wildman–Crippen MR) is 72.8 cm³/mol. The normalized spacial score (nSPS) is 10.2. The number of aryl methyl sites for hydroxylation is 1. The molecule has 0 fully saturated rings. The van der Waals surface area contributed by atoms with Crippen LogP contribution in [0.5, 0.6) is 0 Å². The number of benzene rings is 2. The highest BCUT2D eigenvalue weighted by molar-refractivity contribution is 5.33. The van der Waals surface area contributed by atoms with Gasteiger partial charge in [-0.1, -0.05) is 29.8 Å². The van der Waals surface area contributed by atoms with E-state index in [1.807, 2.05) is 13.0 Å². The van der Waals surface area contributed by atoms with E-state index in [1.165, 1.54) is 23.3 Å². The van der Waals surface area contributed by atoms with E-state index in [0.717, 1.165) is 12.1 Å². The summed E-state index contributed by atoms with van der Waals surface area (Å²) in [5.74, 6) is -0.369. The van der Waals surface area contributed by atoms with Crippen LogP contribution < -0.4 is 5.32 Å². The topological polar surface area (TPSA) is 35.8 Å². The fourth-order valence-corrected chi connectivity index (χ4v) is 1.87. The molecule has 0 radical (unpaired) electrons. The summed E-state index contributed by atoms with van der Waals surface area (Å²) < 4.78 is 13.2. The summed E-state index contributed by atoms with van der Waals surface area (Å²) in [5, 5.41) is 12.0. The second-order valence-electron chi connectivity index (χ2n) is 4.55. The molecule has 0 unspecified atom stereocenters. The second kappa shape index (κ2) is 6.12. The summed E-state index contributed by atoms with van der Waals surface area (Å²) in [6.07, 6.45) is 0. The van der Waals surface area contributed by atoms with E-state index < -0.39 is 0 Å². The first kappa shape index (κ1) is 13.3. The van der Waals surface area contributed by atoms with E-state index >= 15 is 0 Å². The van der Waals surface area contributed by atoms with Gasteiger partial charge in [-0.05, 0) is 36.2 Å². The molecule has 3 heteroatoms. The van der Waals surface area contributed by atoms with Crippen LogP contribution in [0.4, 0.5) is 4.39 Å². The van der Waals surface area contributed by atoms with Gasteiger partial charge in [0.1, 0.15) is 5.82 Å². The smallest absolute Gasteiger partial charge is 0.124 e. The van der Waals surface area contributed by atoms with Crippen LogP contribution in [0.2, 0.25) is 0 Å². The Morgan fingerprint density at radius 3 is 2.42 bits per heavy atom. The Hall–Kier alpha value is -2.18. The molecule has 0 atom stereocenters. The first-order valence-corrected chi connectivity index (χ1v) is 6.13. The zero-order chi connectivity index (χ0) is 13.7. The van der Waals surface area contributed by atoms with Crippen molar-refractivity contribution in [3.63, 3.8) is 0 Å². The zero-order valence-electron chi connectivity index (χ0n) is 10.8. The molecule has 0 aliphatic heterocycles. The van der Waals surface area contributed by atoms with E-state index in [4.69, 9.17) is 5.26 Å². The van der Waals surface area contributed by atoms with Gasteiger partial charge in [0.2, 0.25) is 0 Å². The van der Waals surface area contributed by atoms with Crippen molar-refractivity contribution in [3.05, 3.63) is 70.5 Å². The minimum absolute atomic E-state index is 0.354. The van der Waals surface area contributed by atoms with Gasteiger partial charge in [0, 0.05) is 13.1 Å². The highest BCUT2D eigenvalue weighted by Gasteiger charge is 2.00. The molecule has 96 valence electrons. The van der Waals surface area contributed by atoms with Gasteiger partial charge in [0.05, 0.1) is 11.6 Å². The van der Waals surface area contributed by atoms with Crippen LogP contribution in [0, 0.1) is 24.1 Å². The minimum Gasteiger partial charge on any atom is -0.309 e. The Kier molecular flexibility index (Phi) is 4.27. The Morgan fingerprint density at radius 2 is 1.74 bits per heavy atom.